The first-order valence-electron chi connectivity index (χ1n) is 6.40. The summed E-state index contributed by atoms with van der Waals surface area (Å²) in [5, 5.41) is 0. The molecule has 0 atom stereocenters. The molecule has 1 aromatic heterocycles. The summed E-state index contributed by atoms with van der Waals surface area (Å²) in [6, 6.07) is 4.98. The maximum absolute atomic E-state index is 13.1. The van der Waals surface area contributed by atoms with Crippen molar-refractivity contribution in [1.29, 1.82) is 0 Å². The van der Waals surface area contributed by atoms with Crippen molar-refractivity contribution in [3.8, 4) is 5.75 Å². The molecule has 3 rings (SSSR count). The quantitative estimate of drug-likeness (QED) is 0.899. The largest absolute Gasteiger partial charge is 0.487 e. The molecule has 1 heterocycles. The first kappa shape index (κ1) is 12.2. The van der Waals surface area contributed by atoms with E-state index in [1.54, 1.807) is 6.07 Å². The fourth-order valence-corrected chi connectivity index (χ4v) is 2.13. The Kier molecular flexibility index (Phi) is 3.21. The molecule has 1 fully saturated rings. The number of hydrogen-bond acceptors (Lipinski definition) is 3. The van der Waals surface area contributed by atoms with Gasteiger partial charge in [0.1, 0.15) is 18.2 Å². The van der Waals surface area contributed by atoms with Crippen molar-refractivity contribution in [2.75, 3.05) is 0 Å². The van der Waals surface area contributed by atoms with Crippen molar-refractivity contribution in [2.45, 2.75) is 32.0 Å². The second-order valence-electron chi connectivity index (χ2n) is 4.77. The Hall–Kier alpha value is -1.88. The zero-order chi connectivity index (χ0) is 13.2. The van der Waals surface area contributed by atoms with Crippen molar-refractivity contribution in [1.82, 2.24) is 9.55 Å². The summed E-state index contributed by atoms with van der Waals surface area (Å²) in [6.45, 7) is 0.685. The molecule has 0 saturated heterocycles. The molecule has 1 saturated carbocycles. The molecule has 4 nitrogen and oxygen atoms in total. The van der Waals surface area contributed by atoms with E-state index in [1.165, 1.54) is 25.0 Å². The fraction of sp³-hybridized carbons (Fsp3) is 0.357. The molecular formula is C14H16FN3O. The number of nitrogens with two attached hydrogens (primary N) is 1. The highest BCUT2D eigenvalue weighted by molar-refractivity contribution is 5.33. The fourth-order valence-electron chi connectivity index (χ4n) is 2.13. The van der Waals surface area contributed by atoms with Gasteiger partial charge in [0.15, 0.2) is 0 Å². The SMILES string of the molecule is NCc1cc(F)ccc1OCc1cncn1C1CC1. The van der Waals surface area contributed by atoms with Crippen LogP contribution in [0.5, 0.6) is 5.75 Å². The van der Waals surface area contributed by atoms with Crippen LogP contribution >= 0.6 is 0 Å². The lowest BCUT2D eigenvalue weighted by Gasteiger charge is -2.11. The van der Waals surface area contributed by atoms with Gasteiger partial charge in [-0.2, -0.15) is 0 Å². The summed E-state index contributed by atoms with van der Waals surface area (Å²) in [4.78, 5) is 4.15. The molecular weight excluding hydrogens is 245 g/mol. The molecule has 2 N–H and O–H groups in total. The van der Waals surface area contributed by atoms with E-state index in [1.807, 2.05) is 12.5 Å². The third-order valence-corrected chi connectivity index (χ3v) is 3.30. The first-order valence-corrected chi connectivity index (χ1v) is 6.40. The van der Waals surface area contributed by atoms with Crippen LogP contribution in [0.1, 0.15) is 30.1 Å². The number of halogens is 1. The van der Waals surface area contributed by atoms with Gasteiger partial charge in [0.25, 0.3) is 0 Å². The van der Waals surface area contributed by atoms with Gasteiger partial charge in [-0.25, -0.2) is 9.37 Å². The van der Waals surface area contributed by atoms with Crippen LogP contribution in [0.2, 0.25) is 0 Å². The van der Waals surface area contributed by atoms with Crippen LogP contribution in [0.25, 0.3) is 0 Å². The molecule has 0 unspecified atom stereocenters. The van der Waals surface area contributed by atoms with Gasteiger partial charge in [-0.3, -0.25) is 0 Å². The van der Waals surface area contributed by atoms with Gasteiger partial charge in [-0.1, -0.05) is 0 Å². The molecule has 19 heavy (non-hydrogen) atoms. The Morgan fingerprint density at radius 1 is 1.42 bits per heavy atom. The zero-order valence-electron chi connectivity index (χ0n) is 10.6. The molecule has 1 aliphatic carbocycles. The van der Waals surface area contributed by atoms with Crippen molar-refractivity contribution < 1.29 is 9.13 Å². The number of hydrogen-bond donors (Lipinski definition) is 1. The van der Waals surface area contributed by atoms with Crippen LogP contribution in [0, 0.1) is 5.82 Å². The lowest BCUT2D eigenvalue weighted by Crippen LogP contribution is -2.06. The number of ether oxygens (including phenoxy) is 1. The van der Waals surface area contributed by atoms with Gasteiger partial charge < -0.3 is 15.0 Å². The highest BCUT2D eigenvalue weighted by atomic mass is 19.1. The van der Waals surface area contributed by atoms with E-state index in [4.69, 9.17) is 10.5 Å². The van der Waals surface area contributed by atoms with Gasteiger partial charge in [-0.15, -0.1) is 0 Å². The Morgan fingerprint density at radius 2 is 2.26 bits per heavy atom. The van der Waals surface area contributed by atoms with Crippen molar-refractivity contribution in [2.24, 2.45) is 5.73 Å². The predicted molar refractivity (Wildman–Crippen MR) is 69.1 cm³/mol. The van der Waals surface area contributed by atoms with Crippen molar-refractivity contribution >= 4 is 0 Å². The van der Waals surface area contributed by atoms with E-state index >= 15 is 0 Å². The highest BCUT2D eigenvalue weighted by Gasteiger charge is 2.25. The predicted octanol–water partition coefficient (Wildman–Crippen LogP) is 2.39. The summed E-state index contributed by atoms with van der Waals surface area (Å²) in [7, 11) is 0. The van der Waals surface area contributed by atoms with E-state index in [0.29, 0.717) is 24.0 Å². The molecule has 0 radical (unpaired) electrons. The first-order chi connectivity index (χ1) is 9.28. The number of nitrogens with zero attached hydrogens (tertiary/aromatic N) is 2. The monoisotopic (exact) mass is 261 g/mol. The van der Waals surface area contributed by atoms with Crippen molar-refractivity contribution in [3.05, 3.63) is 47.8 Å². The Morgan fingerprint density at radius 3 is 3.00 bits per heavy atom. The summed E-state index contributed by atoms with van der Waals surface area (Å²) in [5.74, 6) is 0.336. The highest BCUT2D eigenvalue weighted by Crippen LogP contribution is 2.35. The lowest BCUT2D eigenvalue weighted by atomic mass is 10.2. The van der Waals surface area contributed by atoms with E-state index in [-0.39, 0.29) is 12.4 Å². The number of benzene rings is 1. The normalized spacial score (nSPS) is 14.6. The van der Waals surface area contributed by atoms with Crippen LogP contribution in [0.4, 0.5) is 4.39 Å². The third-order valence-electron chi connectivity index (χ3n) is 3.30. The summed E-state index contributed by atoms with van der Waals surface area (Å²) in [6.07, 6.45) is 6.05. The van der Waals surface area contributed by atoms with Crippen LogP contribution < -0.4 is 10.5 Å². The standard InChI is InChI=1S/C14H16FN3O/c15-11-1-4-14(10(5-11)6-16)19-8-13-7-17-9-18(13)12-2-3-12/h1,4-5,7,9,12H,2-3,6,8,16H2. The molecule has 5 heteroatoms. The summed E-state index contributed by atoms with van der Waals surface area (Å²) < 4.78 is 21.0. The minimum Gasteiger partial charge on any atom is -0.487 e. The van der Waals surface area contributed by atoms with E-state index in [9.17, 15) is 4.39 Å². The molecule has 0 aliphatic heterocycles. The average Bonchev–Trinajstić information content (AvgIpc) is 3.16. The van der Waals surface area contributed by atoms with E-state index < -0.39 is 0 Å². The van der Waals surface area contributed by atoms with Gasteiger partial charge in [0.05, 0.1) is 18.2 Å². The topological polar surface area (TPSA) is 53.1 Å². The van der Waals surface area contributed by atoms with E-state index in [0.717, 1.165) is 5.69 Å². The maximum atomic E-state index is 13.1. The molecule has 100 valence electrons. The van der Waals surface area contributed by atoms with Crippen LogP contribution in [0.15, 0.2) is 30.7 Å². The molecule has 0 spiro atoms. The van der Waals surface area contributed by atoms with Gasteiger partial charge in [0.2, 0.25) is 0 Å². The summed E-state index contributed by atoms with van der Waals surface area (Å²) >= 11 is 0. The van der Waals surface area contributed by atoms with Gasteiger partial charge >= 0.3 is 0 Å². The number of aromatic nitrogens is 2. The zero-order valence-corrected chi connectivity index (χ0v) is 10.6. The lowest BCUT2D eigenvalue weighted by molar-refractivity contribution is 0.291. The molecule has 2 aromatic rings. The van der Waals surface area contributed by atoms with Crippen LogP contribution in [0.3, 0.4) is 0 Å². The molecule has 0 bridgehead atoms. The Balaban J connectivity index is 1.73. The van der Waals surface area contributed by atoms with Crippen LogP contribution in [-0.4, -0.2) is 9.55 Å². The van der Waals surface area contributed by atoms with Crippen LogP contribution in [-0.2, 0) is 13.2 Å². The van der Waals surface area contributed by atoms with Gasteiger partial charge in [0, 0.05) is 18.2 Å². The van der Waals surface area contributed by atoms with Crippen molar-refractivity contribution in [3.63, 3.8) is 0 Å². The molecule has 1 aliphatic rings. The minimum atomic E-state index is -0.296. The number of rotatable bonds is 5. The van der Waals surface area contributed by atoms with Gasteiger partial charge in [-0.05, 0) is 31.0 Å². The maximum Gasteiger partial charge on any atom is 0.130 e. The average molecular weight is 261 g/mol. The molecule has 1 aromatic carbocycles. The second-order valence-corrected chi connectivity index (χ2v) is 4.77. The van der Waals surface area contributed by atoms with E-state index in [2.05, 4.69) is 9.55 Å². The second kappa shape index (κ2) is 5.01. The number of imidazole rings is 1. The smallest absolute Gasteiger partial charge is 0.130 e. The summed E-state index contributed by atoms with van der Waals surface area (Å²) in [5.41, 5.74) is 7.31. The Bertz CT molecular complexity index is 578. The third kappa shape index (κ3) is 2.61. The Labute approximate surface area is 111 Å². The molecule has 0 amide bonds. The minimum absolute atomic E-state index is 0.259.